The topological polar surface area (TPSA) is 26.3 Å². The van der Waals surface area contributed by atoms with Crippen LogP contribution in [0.1, 0.15) is 38.8 Å². The van der Waals surface area contributed by atoms with E-state index in [9.17, 15) is 4.79 Å². The molecule has 1 unspecified atom stereocenters. The lowest BCUT2D eigenvalue weighted by Crippen LogP contribution is -2.39. The van der Waals surface area contributed by atoms with Gasteiger partial charge in [-0.15, -0.1) is 0 Å². The summed E-state index contributed by atoms with van der Waals surface area (Å²) in [6.07, 6.45) is 0. The SMILES string of the molecule is CCOC(=O)C(C)(c1cccc(C)c1)C(C)C. The Hall–Kier alpha value is -1.31. The number of carbonyl (C=O) groups is 1. The lowest BCUT2D eigenvalue weighted by molar-refractivity contribution is -0.151. The van der Waals surface area contributed by atoms with Crippen molar-refractivity contribution in [3.63, 3.8) is 0 Å². The van der Waals surface area contributed by atoms with Gasteiger partial charge in [0.05, 0.1) is 12.0 Å². The Bertz CT molecular complexity index is 396. The molecule has 2 nitrogen and oxygen atoms in total. The number of rotatable bonds is 4. The molecule has 0 saturated carbocycles. The van der Waals surface area contributed by atoms with Gasteiger partial charge in [0.15, 0.2) is 0 Å². The van der Waals surface area contributed by atoms with Crippen molar-refractivity contribution < 1.29 is 9.53 Å². The first-order chi connectivity index (χ1) is 7.92. The number of ether oxygens (including phenoxy) is 1. The van der Waals surface area contributed by atoms with Crippen LogP contribution in [0, 0.1) is 12.8 Å². The third kappa shape index (κ3) is 2.68. The van der Waals surface area contributed by atoms with Gasteiger partial charge in [-0.25, -0.2) is 0 Å². The Morgan fingerprint density at radius 2 is 2.06 bits per heavy atom. The van der Waals surface area contributed by atoms with Crippen LogP contribution in [0.4, 0.5) is 0 Å². The van der Waals surface area contributed by atoms with Gasteiger partial charge in [0, 0.05) is 0 Å². The van der Waals surface area contributed by atoms with Crippen molar-refractivity contribution >= 4 is 5.97 Å². The quantitative estimate of drug-likeness (QED) is 0.746. The molecule has 0 aliphatic rings. The summed E-state index contributed by atoms with van der Waals surface area (Å²) in [6.45, 7) is 10.4. The van der Waals surface area contributed by atoms with Crippen molar-refractivity contribution in [1.82, 2.24) is 0 Å². The second-order valence-electron chi connectivity index (χ2n) is 4.95. The molecule has 1 aromatic carbocycles. The van der Waals surface area contributed by atoms with Crippen molar-refractivity contribution in [1.29, 1.82) is 0 Å². The summed E-state index contributed by atoms with van der Waals surface area (Å²) in [5.74, 6) is 0.0592. The molecule has 0 N–H and O–H groups in total. The molecular weight excluding hydrogens is 212 g/mol. The molecule has 0 aliphatic heterocycles. The minimum absolute atomic E-state index is 0.138. The Kier molecular flexibility index (Phi) is 4.33. The Morgan fingerprint density at radius 1 is 1.41 bits per heavy atom. The normalized spacial score (nSPS) is 14.5. The highest BCUT2D eigenvalue weighted by molar-refractivity contribution is 5.83. The van der Waals surface area contributed by atoms with E-state index in [0.29, 0.717) is 6.61 Å². The highest BCUT2D eigenvalue weighted by Gasteiger charge is 2.39. The van der Waals surface area contributed by atoms with Crippen molar-refractivity contribution in [2.45, 2.75) is 40.0 Å². The second kappa shape index (κ2) is 5.35. The number of carbonyl (C=O) groups excluding carboxylic acids is 1. The first-order valence-electron chi connectivity index (χ1n) is 6.17. The molecule has 0 aliphatic carbocycles. The van der Waals surface area contributed by atoms with Crippen LogP contribution < -0.4 is 0 Å². The molecule has 1 atom stereocenters. The van der Waals surface area contributed by atoms with Gasteiger partial charge >= 0.3 is 5.97 Å². The van der Waals surface area contributed by atoms with Gasteiger partial charge in [-0.3, -0.25) is 4.79 Å². The van der Waals surface area contributed by atoms with Crippen LogP contribution in [0.25, 0.3) is 0 Å². The van der Waals surface area contributed by atoms with Gasteiger partial charge < -0.3 is 4.74 Å². The molecule has 0 radical (unpaired) electrons. The van der Waals surface area contributed by atoms with Crippen molar-refractivity contribution in [3.05, 3.63) is 35.4 Å². The van der Waals surface area contributed by atoms with E-state index < -0.39 is 5.41 Å². The molecule has 1 rings (SSSR count). The van der Waals surface area contributed by atoms with Crippen molar-refractivity contribution in [2.24, 2.45) is 5.92 Å². The van der Waals surface area contributed by atoms with E-state index >= 15 is 0 Å². The molecule has 17 heavy (non-hydrogen) atoms. The molecule has 0 bridgehead atoms. The molecular formula is C15H22O2. The van der Waals surface area contributed by atoms with Crippen LogP contribution >= 0.6 is 0 Å². The van der Waals surface area contributed by atoms with Gasteiger partial charge in [-0.1, -0.05) is 43.7 Å². The van der Waals surface area contributed by atoms with Gasteiger partial charge in [0.1, 0.15) is 0 Å². The third-order valence-electron chi connectivity index (χ3n) is 3.47. The third-order valence-corrected chi connectivity index (χ3v) is 3.47. The van der Waals surface area contributed by atoms with E-state index in [1.807, 2.05) is 39.0 Å². The van der Waals surface area contributed by atoms with E-state index in [4.69, 9.17) is 4.74 Å². The Morgan fingerprint density at radius 3 is 2.53 bits per heavy atom. The molecule has 0 aromatic heterocycles. The Labute approximate surface area is 104 Å². The summed E-state index contributed by atoms with van der Waals surface area (Å²) in [7, 11) is 0. The summed E-state index contributed by atoms with van der Waals surface area (Å²) in [4.78, 5) is 12.2. The first-order valence-corrected chi connectivity index (χ1v) is 6.17. The summed E-state index contributed by atoms with van der Waals surface area (Å²) >= 11 is 0. The van der Waals surface area contributed by atoms with E-state index in [0.717, 1.165) is 5.56 Å². The predicted molar refractivity (Wildman–Crippen MR) is 70.0 cm³/mol. The van der Waals surface area contributed by atoms with Crippen molar-refractivity contribution in [2.75, 3.05) is 6.61 Å². The maximum atomic E-state index is 12.2. The minimum atomic E-state index is -0.567. The van der Waals surface area contributed by atoms with Gasteiger partial charge in [0.25, 0.3) is 0 Å². The zero-order valence-electron chi connectivity index (χ0n) is 11.4. The number of hydrogen-bond acceptors (Lipinski definition) is 2. The van der Waals surface area contributed by atoms with Gasteiger partial charge in [0.2, 0.25) is 0 Å². The van der Waals surface area contributed by atoms with Crippen LogP contribution in [0.2, 0.25) is 0 Å². The molecule has 2 heteroatoms. The highest BCUT2D eigenvalue weighted by atomic mass is 16.5. The second-order valence-corrected chi connectivity index (χ2v) is 4.95. The molecule has 0 heterocycles. The van der Waals surface area contributed by atoms with Crippen LogP contribution in [0.5, 0.6) is 0 Å². The van der Waals surface area contributed by atoms with E-state index in [2.05, 4.69) is 19.9 Å². The molecule has 0 saturated heterocycles. The van der Waals surface area contributed by atoms with E-state index in [1.165, 1.54) is 5.56 Å². The molecule has 0 fully saturated rings. The lowest BCUT2D eigenvalue weighted by Gasteiger charge is -2.32. The zero-order valence-corrected chi connectivity index (χ0v) is 11.4. The van der Waals surface area contributed by atoms with Gasteiger partial charge in [-0.2, -0.15) is 0 Å². The number of hydrogen-bond donors (Lipinski definition) is 0. The van der Waals surface area contributed by atoms with Crippen LogP contribution in [-0.2, 0) is 14.9 Å². The largest absolute Gasteiger partial charge is 0.465 e. The highest BCUT2D eigenvalue weighted by Crippen LogP contribution is 2.33. The number of benzene rings is 1. The average molecular weight is 234 g/mol. The standard InChI is InChI=1S/C15H22O2/c1-6-17-14(16)15(5,11(2)3)13-9-7-8-12(4)10-13/h7-11H,6H2,1-5H3. The van der Waals surface area contributed by atoms with E-state index in [1.54, 1.807) is 0 Å². The fraction of sp³-hybridized carbons (Fsp3) is 0.533. The van der Waals surface area contributed by atoms with Crippen LogP contribution in [-0.4, -0.2) is 12.6 Å². The minimum Gasteiger partial charge on any atom is -0.465 e. The molecule has 0 spiro atoms. The van der Waals surface area contributed by atoms with Gasteiger partial charge in [-0.05, 0) is 32.3 Å². The summed E-state index contributed by atoms with van der Waals surface area (Å²) in [5.41, 5.74) is 1.63. The van der Waals surface area contributed by atoms with Crippen LogP contribution in [0.3, 0.4) is 0 Å². The lowest BCUT2D eigenvalue weighted by atomic mass is 9.73. The number of esters is 1. The monoisotopic (exact) mass is 234 g/mol. The first kappa shape index (κ1) is 13.8. The molecule has 0 amide bonds. The van der Waals surface area contributed by atoms with Crippen LogP contribution in [0.15, 0.2) is 24.3 Å². The maximum absolute atomic E-state index is 12.2. The fourth-order valence-electron chi connectivity index (χ4n) is 1.94. The number of aryl methyl sites for hydroxylation is 1. The predicted octanol–water partition coefficient (Wildman–Crippen LogP) is 3.47. The fourth-order valence-corrected chi connectivity index (χ4v) is 1.94. The summed E-state index contributed by atoms with van der Waals surface area (Å²) in [6, 6.07) is 8.10. The van der Waals surface area contributed by atoms with E-state index in [-0.39, 0.29) is 11.9 Å². The molecule has 94 valence electrons. The van der Waals surface area contributed by atoms with Crippen molar-refractivity contribution in [3.8, 4) is 0 Å². The maximum Gasteiger partial charge on any atom is 0.316 e. The summed E-state index contributed by atoms with van der Waals surface area (Å²) < 4.78 is 5.22. The zero-order chi connectivity index (χ0) is 13.1. The molecule has 1 aromatic rings. The Balaban J connectivity index is 3.20. The average Bonchev–Trinajstić information content (AvgIpc) is 2.27. The summed E-state index contributed by atoms with van der Waals surface area (Å²) in [5, 5.41) is 0. The smallest absolute Gasteiger partial charge is 0.316 e.